The van der Waals surface area contributed by atoms with E-state index in [0.29, 0.717) is 5.56 Å². The van der Waals surface area contributed by atoms with E-state index >= 15 is 0 Å². The molecule has 0 aliphatic heterocycles. The molecule has 0 bridgehead atoms. The second kappa shape index (κ2) is 7.21. The van der Waals surface area contributed by atoms with Gasteiger partial charge in [0.15, 0.2) is 0 Å². The van der Waals surface area contributed by atoms with Crippen LogP contribution >= 0.6 is 0 Å². The Balaban J connectivity index is 1.75. The molecule has 0 spiro atoms. The van der Waals surface area contributed by atoms with Gasteiger partial charge in [-0.25, -0.2) is 0 Å². The summed E-state index contributed by atoms with van der Waals surface area (Å²) in [5, 5.41) is 9.77. The summed E-state index contributed by atoms with van der Waals surface area (Å²) in [5.41, 5.74) is 9.86. The lowest BCUT2D eigenvalue weighted by Gasteiger charge is -2.18. The Morgan fingerprint density at radius 2 is 1.53 bits per heavy atom. The van der Waals surface area contributed by atoms with E-state index in [1.54, 1.807) is 0 Å². The van der Waals surface area contributed by atoms with E-state index in [1.165, 1.54) is 22.3 Å². The van der Waals surface area contributed by atoms with Crippen molar-refractivity contribution in [1.29, 1.82) is 5.26 Å². The van der Waals surface area contributed by atoms with Gasteiger partial charge in [-0.15, -0.1) is 0 Å². The first-order valence-electron chi connectivity index (χ1n) is 10.1. The molecule has 1 aliphatic carbocycles. The van der Waals surface area contributed by atoms with E-state index in [1.807, 2.05) is 30.3 Å². The third-order valence-electron chi connectivity index (χ3n) is 5.83. The predicted octanol–water partition coefficient (Wildman–Crippen LogP) is 7.21. The minimum atomic E-state index is 0.660. The minimum absolute atomic E-state index is 0.660. The monoisotopic (exact) mass is 387 g/mol. The molecule has 0 aromatic heterocycles. The normalized spacial score (nSPS) is 11.5. The number of aryl methyl sites for hydroxylation is 2. The SMILES string of the molecule is Cc1ccc(C)c(Oc2ccc3c(c2-c2ccccc2C#N)Cc2ccccc2-3)c1. The molecule has 4 aromatic carbocycles. The summed E-state index contributed by atoms with van der Waals surface area (Å²) >= 11 is 0. The third kappa shape index (κ3) is 2.96. The van der Waals surface area contributed by atoms with Gasteiger partial charge in [-0.2, -0.15) is 5.26 Å². The molecule has 0 saturated carbocycles. The van der Waals surface area contributed by atoms with Crippen molar-refractivity contribution in [2.24, 2.45) is 0 Å². The molecule has 0 amide bonds. The van der Waals surface area contributed by atoms with Gasteiger partial charge in [0.1, 0.15) is 11.5 Å². The molecule has 0 heterocycles. The van der Waals surface area contributed by atoms with Crippen molar-refractivity contribution in [1.82, 2.24) is 0 Å². The maximum atomic E-state index is 9.77. The van der Waals surface area contributed by atoms with Gasteiger partial charge in [-0.05, 0) is 71.8 Å². The summed E-state index contributed by atoms with van der Waals surface area (Å²) in [6, 6.07) is 29.1. The molecule has 0 atom stereocenters. The van der Waals surface area contributed by atoms with Crippen LogP contribution in [0.3, 0.4) is 0 Å². The fourth-order valence-electron chi connectivity index (χ4n) is 4.30. The van der Waals surface area contributed by atoms with Gasteiger partial charge in [0.25, 0.3) is 0 Å². The van der Waals surface area contributed by atoms with Crippen molar-refractivity contribution in [3.05, 3.63) is 107 Å². The van der Waals surface area contributed by atoms with Crippen LogP contribution in [-0.4, -0.2) is 0 Å². The first-order chi connectivity index (χ1) is 14.7. The number of rotatable bonds is 3. The highest BCUT2D eigenvalue weighted by atomic mass is 16.5. The first-order valence-corrected chi connectivity index (χ1v) is 10.1. The molecular weight excluding hydrogens is 366 g/mol. The lowest BCUT2D eigenvalue weighted by molar-refractivity contribution is 0.480. The van der Waals surface area contributed by atoms with E-state index in [-0.39, 0.29) is 0 Å². The molecule has 0 fully saturated rings. The Bertz CT molecular complexity index is 1330. The molecule has 2 nitrogen and oxygen atoms in total. The summed E-state index contributed by atoms with van der Waals surface area (Å²) in [5.74, 6) is 1.64. The van der Waals surface area contributed by atoms with Crippen molar-refractivity contribution in [3.8, 4) is 39.8 Å². The predicted molar refractivity (Wildman–Crippen MR) is 121 cm³/mol. The number of nitrogens with zero attached hydrogens (tertiary/aromatic N) is 1. The number of ether oxygens (including phenoxy) is 1. The number of nitriles is 1. The zero-order chi connectivity index (χ0) is 20.7. The second-order valence-corrected chi connectivity index (χ2v) is 7.83. The van der Waals surface area contributed by atoms with Gasteiger partial charge >= 0.3 is 0 Å². The molecule has 0 radical (unpaired) electrons. The highest BCUT2D eigenvalue weighted by Crippen LogP contribution is 2.47. The summed E-state index contributed by atoms with van der Waals surface area (Å²) in [4.78, 5) is 0. The number of hydrogen-bond donors (Lipinski definition) is 0. The fraction of sp³-hybridized carbons (Fsp3) is 0.107. The van der Waals surface area contributed by atoms with Crippen LogP contribution in [0, 0.1) is 25.2 Å². The number of fused-ring (bicyclic) bond motifs is 3. The van der Waals surface area contributed by atoms with Crippen LogP contribution in [0.25, 0.3) is 22.3 Å². The van der Waals surface area contributed by atoms with Crippen LogP contribution in [0.4, 0.5) is 0 Å². The first kappa shape index (κ1) is 18.2. The lowest BCUT2D eigenvalue weighted by Crippen LogP contribution is -1.97. The largest absolute Gasteiger partial charge is 0.456 e. The molecule has 0 saturated heterocycles. The van der Waals surface area contributed by atoms with E-state index in [4.69, 9.17) is 4.74 Å². The van der Waals surface area contributed by atoms with Gasteiger partial charge in [-0.3, -0.25) is 0 Å². The maximum Gasteiger partial charge on any atom is 0.135 e. The summed E-state index contributed by atoms with van der Waals surface area (Å²) < 4.78 is 6.49. The van der Waals surface area contributed by atoms with Crippen LogP contribution in [0.15, 0.2) is 78.9 Å². The number of benzene rings is 4. The van der Waals surface area contributed by atoms with Crippen molar-refractivity contribution in [3.63, 3.8) is 0 Å². The lowest BCUT2D eigenvalue weighted by atomic mass is 9.92. The smallest absolute Gasteiger partial charge is 0.135 e. The Morgan fingerprint density at radius 3 is 2.37 bits per heavy atom. The van der Waals surface area contributed by atoms with Gasteiger partial charge < -0.3 is 4.74 Å². The minimum Gasteiger partial charge on any atom is -0.456 e. The van der Waals surface area contributed by atoms with Crippen LogP contribution in [0.5, 0.6) is 11.5 Å². The molecule has 0 N–H and O–H groups in total. The molecule has 5 rings (SSSR count). The Kier molecular flexibility index (Phi) is 4.38. The van der Waals surface area contributed by atoms with Gasteiger partial charge in [0.05, 0.1) is 11.6 Å². The van der Waals surface area contributed by atoms with Crippen molar-refractivity contribution in [2.45, 2.75) is 20.3 Å². The van der Waals surface area contributed by atoms with E-state index in [9.17, 15) is 5.26 Å². The highest BCUT2D eigenvalue weighted by molar-refractivity contribution is 5.89. The number of hydrogen-bond acceptors (Lipinski definition) is 2. The maximum absolute atomic E-state index is 9.77. The van der Waals surface area contributed by atoms with Gasteiger partial charge in [-0.1, -0.05) is 60.7 Å². The van der Waals surface area contributed by atoms with Gasteiger partial charge in [0, 0.05) is 11.1 Å². The summed E-state index contributed by atoms with van der Waals surface area (Å²) in [7, 11) is 0. The van der Waals surface area contributed by atoms with Crippen LogP contribution in [0.1, 0.15) is 27.8 Å². The molecule has 0 unspecified atom stereocenters. The molecule has 30 heavy (non-hydrogen) atoms. The highest BCUT2D eigenvalue weighted by Gasteiger charge is 2.25. The zero-order valence-corrected chi connectivity index (χ0v) is 17.1. The molecule has 4 aromatic rings. The Morgan fingerprint density at radius 1 is 0.767 bits per heavy atom. The average Bonchev–Trinajstić information content (AvgIpc) is 3.15. The van der Waals surface area contributed by atoms with Crippen molar-refractivity contribution in [2.75, 3.05) is 0 Å². The fourth-order valence-corrected chi connectivity index (χ4v) is 4.30. The zero-order valence-electron chi connectivity index (χ0n) is 17.1. The quantitative estimate of drug-likeness (QED) is 0.328. The van der Waals surface area contributed by atoms with Crippen molar-refractivity contribution >= 4 is 0 Å². The molecule has 1 aliphatic rings. The van der Waals surface area contributed by atoms with E-state index in [2.05, 4.69) is 68.4 Å². The standard InChI is InChI=1S/C28H21NO/c1-18-11-12-19(2)27(15-18)30-26-14-13-24-22-9-5-3-7-20(22)16-25(24)28(26)23-10-6-4-8-21(23)17-29/h3-15H,16H2,1-2H3. The topological polar surface area (TPSA) is 33.0 Å². The Labute approximate surface area is 177 Å². The van der Waals surface area contributed by atoms with Gasteiger partial charge in [0.2, 0.25) is 0 Å². The Hall–Kier alpha value is -3.83. The van der Waals surface area contributed by atoms with Crippen LogP contribution in [0.2, 0.25) is 0 Å². The van der Waals surface area contributed by atoms with E-state index in [0.717, 1.165) is 40.2 Å². The van der Waals surface area contributed by atoms with Crippen LogP contribution in [-0.2, 0) is 6.42 Å². The molecular formula is C28H21NO. The third-order valence-corrected chi connectivity index (χ3v) is 5.83. The second-order valence-electron chi connectivity index (χ2n) is 7.83. The molecule has 144 valence electrons. The molecule has 2 heteroatoms. The summed E-state index contributed by atoms with van der Waals surface area (Å²) in [6.07, 6.45) is 0.838. The van der Waals surface area contributed by atoms with E-state index < -0.39 is 0 Å². The van der Waals surface area contributed by atoms with Crippen molar-refractivity contribution < 1.29 is 4.74 Å². The van der Waals surface area contributed by atoms with Crippen LogP contribution < -0.4 is 4.74 Å². The average molecular weight is 387 g/mol. The summed E-state index contributed by atoms with van der Waals surface area (Å²) in [6.45, 7) is 4.12.